The van der Waals surface area contributed by atoms with Gasteiger partial charge in [-0.25, -0.2) is 4.98 Å². The summed E-state index contributed by atoms with van der Waals surface area (Å²) in [5.41, 5.74) is 1.19. The summed E-state index contributed by atoms with van der Waals surface area (Å²) < 4.78 is 11.5. The number of nitrogens with one attached hydrogen (secondary N) is 2. The maximum atomic E-state index is 5.79. The van der Waals surface area contributed by atoms with Crippen molar-refractivity contribution >= 4 is 29.9 Å². The van der Waals surface area contributed by atoms with Gasteiger partial charge < -0.3 is 19.8 Å². The second kappa shape index (κ2) is 11.9. The fourth-order valence-corrected chi connectivity index (χ4v) is 2.45. The van der Waals surface area contributed by atoms with Gasteiger partial charge in [0, 0.05) is 19.0 Å². The van der Waals surface area contributed by atoms with E-state index in [0.717, 1.165) is 43.5 Å². The molecule has 2 N–H and O–H groups in total. The number of guanidine groups is 1. The van der Waals surface area contributed by atoms with Gasteiger partial charge >= 0.3 is 0 Å². The van der Waals surface area contributed by atoms with Crippen molar-refractivity contribution in [3.8, 4) is 5.75 Å². The van der Waals surface area contributed by atoms with Gasteiger partial charge in [0.2, 0.25) is 5.89 Å². The quantitative estimate of drug-likeness (QED) is 0.322. The average molecular weight is 500 g/mol. The van der Waals surface area contributed by atoms with Gasteiger partial charge in [0.15, 0.2) is 5.96 Å². The third kappa shape index (κ3) is 8.08. The molecule has 0 amide bonds. The summed E-state index contributed by atoms with van der Waals surface area (Å²) in [6.07, 6.45) is 3.69. The normalized spacial score (nSPS) is 11.7. The molecule has 28 heavy (non-hydrogen) atoms. The highest BCUT2D eigenvalue weighted by Crippen LogP contribution is 2.22. The first-order chi connectivity index (χ1) is 12.9. The third-order valence-electron chi connectivity index (χ3n) is 4.00. The Hall–Kier alpha value is -1.77. The third-order valence-corrected chi connectivity index (χ3v) is 4.00. The van der Waals surface area contributed by atoms with Crippen molar-refractivity contribution in [2.75, 3.05) is 20.2 Å². The van der Waals surface area contributed by atoms with E-state index < -0.39 is 0 Å². The average Bonchev–Trinajstić information content (AvgIpc) is 3.12. The van der Waals surface area contributed by atoms with Gasteiger partial charge in [-0.3, -0.25) is 4.99 Å². The minimum Gasteiger partial charge on any atom is -0.494 e. The number of benzene rings is 1. The largest absolute Gasteiger partial charge is 0.494 e. The molecule has 7 heteroatoms. The first-order valence-corrected chi connectivity index (χ1v) is 9.54. The zero-order valence-corrected chi connectivity index (χ0v) is 19.9. The van der Waals surface area contributed by atoms with Crippen LogP contribution in [0.3, 0.4) is 0 Å². The standard InChI is InChI=1S/C21H32N4O2.HI/c1-6-12-26-17-9-7-8-16(13-17)10-11-23-20(22-5)25-15-19-24-14-18(27-19)21(2,3)4;/h7-9,13-14H,6,10-12,15H2,1-5H3,(H2,22,23,25);1H. The predicted octanol–water partition coefficient (Wildman–Crippen LogP) is 4.29. The number of hydrogen-bond acceptors (Lipinski definition) is 4. The molecule has 1 heterocycles. The molecular formula is C21H33IN4O2. The number of ether oxygens (including phenoxy) is 1. The van der Waals surface area contributed by atoms with Gasteiger partial charge in [-0.15, -0.1) is 24.0 Å². The van der Waals surface area contributed by atoms with Crippen molar-refractivity contribution in [3.05, 3.63) is 47.7 Å². The zero-order valence-electron chi connectivity index (χ0n) is 17.5. The smallest absolute Gasteiger partial charge is 0.213 e. The molecule has 0 saturated heterocycles. The van der Waals surface area contributed by atoms with Crippen LogP contribution in [0.5, 0.6) is 5.75 Å². The Labute approximate surface area is 185 Å². The van der Waals surface area contributed by atoms with Crippen LogP contribution in [0, 0.1) is 0 Å². The summed E-state index contributed by atoms with van der Waals surface area (Å²) in [7, 11) is 1.75. The van der Waals surface area contributed by atoms with Gasteiger partial charge in [-0.1, -0.05) is 39.8 Å². The van der Waals surface area contributed by atoms with E-state index >= 15 is 0 Å². The van der Waals surface area contributed by atoms with E-state index in [1.165, 1.54) is 5.56 Å². The topological polar surface area (TPSA) is 71.7 Å². The Bertz CT molecular complexity index is 738. The second-order valence-corrected chi connectivity index (χ2v) is 7.47. The van der Waals surface area contributed by atoms with E-state index in [-0.39, 0.29) is 29.4 Å². The van der Waals surface area contributed by atoms with E-state index in [0.29, 0.717) is 12.4 Å². The number of oxazole rings is 1. The van der Waals surface area contributed by atoms with Crippen molar-refractivity contribution in [1.29, 1.82) is 0 Å². The van der Waals surface area contributed by atoms with Crippen molar-refractivity contribution in [2.24, 2.45) is 4.99 Å². The number of aromatic nitrogens is 1. The molecule has 0 aliphatic rings. The summed E-state index contributed by atoms with van der Waals surface area (Å²) in [6.45, 7) is 10.4. The Kier molecular flexibility index (Phi) is 10.3. The molecule has 0 atom stereocenters. The van der Waals surface area contributed by atoms with Gasteiger partial charge in [0.1, 0.15) is 11.5 Å². The number of nitrogens with zero attached hydrogens (tertiary/aromatic N) is 2. The first kappa shape index (κ1) is 24.3. The minimum atomic E-state index is -0.0411. The molecule has 156 valence electrons. The van der Waals surface area contributed by atoms with Crippen LogP contribution in [0.15, 0.2) is 39.9 Å². The van der Waals surface area contributed by atoms with Crippen LogP contribution in [-0.4, -0.2) is 31.1 Å². The van der Waals surface area contributed by atoms with Gasteiger partial charge in [-0.2, -0.15) is 0 Å². The number of halogens is 1. The molecule has 1 aromatic carbocycles. The monoisotopic (exact) mass is 500 g/mol. The molecule has 0 saturated carbocycles. The fourth-order valence-electron chi connectivity index (χ4n) is 2.45. The van der Waals surface area contributed by atoms with Crippen LogP contribution in [0.1, 0.15) is 51.3 Å². The van der Waals surface area contributed by atoms with Gasteiger partial charge in [0.25, 0.3) is 0 Å². The Morgan fingerprint density at radius 2 is 2.04 bits per heavy atom. The highest BCUT2D eigenvalue weighted by atomic mass is 127. The van der Waals surface area contributed by atoms with E-state index in [2.05, 4.69) is 60.4 Å². The van der Waals surface area contributed by atoms with Crippen molar-refractivity contribution < 1.29 is 9.15 Å². The molecule has 6 nitrogen and oxygen atoms in total. The summed E-state index contributed by atoms with van der Waals surface area (Å²) in [4.78, 5) is 8.57. The van der Waals surface area contributed by atoms with Gasteiger partial charge in [0.05, 0.1) is 19.3 Å². The van der Waals surface area contributed by atoms with E-state index in [4.69, 9.17) is 9.15 Å². The summed E-state index contributed by atoms with van der Waals surface area (Å²) in [5, 5.41) is 6.55. The SMILES string of the molecule is CCCOc1cccc(CCNC(=NC)NCc2ncc(C(C)(C)C)o2)c1.I. The molecule has 0 fully saturated rings. The lowest BCUT2D eigenvalue weighted by Crippen LogP contribution is -2.37. The van der Waals surface area contributed by atoms with Crippen LogP contribution in [0.25, 0.3) is 0 Å². The van der Waals surface area contributed by atoms with Crippen molar-refractivity contribution in [2.45, 2.75) is 52.5 Å². The summed E-state index contributed by atoms with van der Waals surface area (Å²) in [6, 6.07) is 8.23. The molecule has 1 aromatic heterocycles. The predicted molar refractivity (Wildman–Crippen MR) is 125 cm³/mol. The summed E-state index contributed by atoms with van der Waals surface area (Å²) >= 11 is 0. The highest BCUT2D eigenvalue weighted by molar-refractivity contribution is 14.0. The lowest BCUT2D eigenvalue weighted by atomic mass is 9.94. The van der Waals surface area contributed by atoms with E-state index in [1.807, 2.05) is 12.1 Å². The maximum absolute atomic E-state index is 5.79. The Balaban J connectivity index is 0.00000392. The molecule has 0 bridgehead atoms. The molecular weight excluding hydrogens is 467 g/mol. The lowest BCUT2D eigenvalue weighted by Gasteiger charge is -2.13. The van der Waals surface area contributed by atoms with Crippen molar-refractivity contribution in [1.82, 2.24) is 15.6 Å². The molecule has 2 aromatic rings. The molecule has 2 rings (SSSR count). The molecule has 0 radical (unpaired) electrons. The molecule has 0 unspecified atom stereocenters. The van der Waals surface area contributed by atoms with Crippen LogP contribution in [0.4, 0.5) is 0 Å². The molecule has 0 spiro atoms. The zero-order chi connectivity index (χ0) is 19.7. The van der Waals surface area contributed by atoms with E-state index in [9.17, 15) is 0 Å². The number of hydrogen-bond donors (Lipinski definition) is 2. The van der Waals surface area contributed by atoms with Crippen LogP contribution >= 0.6 is 24.0 Å². The number of aliphatic imine (C=N–C) groups is 1. The minimum absolute atomic E-state index is 0. The lowest BCUT2D eigenvalue weighted by molar-refractivity contribution is 0.317. The highest BCUT2D eigenvalue weighted by Gasteiger charge is 2.19. The fraction of sp³-hybridized carbons (Fsp3) is 0.524. The van der Waals surface area contributed by atoms with Crippen molar-refractivity contribution in [3.63, 3.8) is 0 Å². The van der Waals surface area contributed by atoms with Crippen LogP contribution in [0.2, 0.25) is 0 Å². The Morgan fingerprint density at radius 3 is 2.68 bits per heavy atom. The number of rotatable bonds is 8. The Morgan fingerprint density at radius 1 is 1.25 bits per heavy atom. The van der Waals surface area contributed by atoms with E-state index in [1.54, 1.807) is 13.2 Å². The molecule has 0 aliphatic heterocycles. The first-order valence-electron chi connectivity index (χ1n) is 9.54. The summed E-state index contributed by atoms with van der Waals surface area (Å²) in [5.74, 6) is 3.19. The maximum Gasteiger partial charge on any atom is 0.213 e. The van der Waals surface area contributed by atoms with Crippen LogP contribution < -0.4 is 15.4 Å². The van der Waals surface area contributed by atoms with Crippen LogP contribution in [-0.2, 0) is 18.4 Å². The second-order valence-electron chi connectivity index (χ2n) is 7.47. The molecule has 0 aliphatic carbocycles. The van der Waals surface area contributed by atoms with Gasteiger partial charge in [-0.05, 0) is 30.5 Å².